The normalized spacial score (nSPS) is 23.5. The Bertz CT molecular complexity index is 964. The monoisotopic (exact) mass is 403 g/mol. The number of likely N-dealkylation sites (N-methyl/N-ethyl adjacent to an activating group) is 2. The molecule has 1 aliphatic carbocycles. The molecule has 1 N–H and O–H groups in total. The van der Waals surface area contributed by atoms with E-state index in [0.717, 1.165) is 6.07 Å². The van der Waals surface area contributed by atoms with Crippen LogP contribution in [0.1, 0.15) is 25.5 Å². The summed E-state index contributed by atoms with van der Waals surface area (Å²) in [6, 6.07) is 3.08. The first kappa shape index (κ1) is 19.4. The number of amides is 1. The third-order valence-electron chi connectivity index (χ3n) is 5.59. The predicted molar refractivity (Wildman–Crippen MR) is 105 cm³/mol. The van der Waals surface area contributed by atoms with Crippen LogP contribution in [0.4, 0.5) is 26.2 Å². The van der Waals surface area contributed by atoms with E-state index in [1.54, 1.807) is 11.9 Å². The van der Waals surface area contributed by atoms with Crippen LogP contribution in [0.25, 0.3) is 0 Å². The van der Waals surface area contributed by atoms with Crippen molar-refractivity contribution in [1.82, 2.24) is 9.97 Å². The minimum absolute atomic E-state index is 0.000539. The number of carbonyl (C=O) groups excluding carboxylic acids is 1. The molecule has 29 heavy (non-hydrogen) atoms. The van der Waals surface area contributed by atoms with Gasteiger partial charge in [-0.25, -0.2) is 13.8 Å². The maximum atomic E-state index is 13.7. The highest BCUT2D eigenvalue weighted by atomic mass is 19.1. The zero-order chi connectivity index (χ0) is 20.9. The number of benzene rings is 1. The van der Waals surface area contributed by atoms with Gasteiger partial charge in [0, 0.05) is 39.0 Å². The van der Waals surface area contributed by atoms with Crippen LogP contribution in [0.15, 0.2) is 18.2 Å². The summed E-state index contributed by atoms with van der Waals surface area (Å²) in [4.78, 5) is 24.9. The molecule has 4 rings (SSSR count). The quantitative estimate of drug-likeness (QED) is 0.847. The predicted octanol–water partition coefficient (Wildman–Crippen LogP) is 2.89. The lowest BCUT2D eigenvalue weighted by Crippen LogP contribution is -2.50. The van der Waals surface area contributed by atoms with Crippen molar-refractivity contribution in [2.24, 2.45) is 0 Å². The Hall–Kier alpha value is -2.97. The Labute approximate surface area is 167 Å². The van der Waals surface area contributed by atoms with E-state index < -0.39 is 11.6 Å². The first-order valence-electron chi connectivity index (χ1n) is 9.52. The second-order valence-corrected chi connectivity index (χ2v) is 7.62. The Kier molecular flexibility index (Phi) is 4.76. The fourth-order valence-corrected chi connectivity index (χ4v) is 3.71. The average molecular weight is 403 g/mol. The molecular formula is C20H23F2N5O2. The first-order valence-corrected chi connectivity index (χ1v) is 9.52. The summed E-state index contributed by atoms with van der Waals surface area (Å²) in [6.45, 7) is 3.69. The van der Waals surface area contributed by atoms with Gasteiger partial charge in [0.2, 0.25) is 11.9 Å². The molecule has 0 radical (unpaired) electrons. The number of rotatable bonds is 4. The van der Waals surface area contributed by atoms with E-state index in [1.807, 2.05) is 25.8 Å². The SMILES string of the molecule is Cc1nc(N[C@H]2C[C@H](Oc3ccc(F)cc3F)C2)nc2c1N(C)C(=O)[C@H](C)N2C. The van der Waals surface area contributed by atoms with Crippen LogP contribution < -0.4 is 19.9 Å². The maximum absolute atomic E-state index is 13.7. The van der Waals surface area contributed by atoms with E-state index >= 15 is 0 Å². The number of hydrogen-bond acceptors (Lipinski definition) is 6. The van der Waals surface area contributed by atoms with E-state index in [9.17, 15) is 13.6 Å². The fraction of sp³-hybridized carbons (Fsp3) is 0.450. The van der Waals surface area contributed by atoms with Crippen molar-refractivity contribution in [3.05, 3.63) is 35.5 Å². The fourth-order valence-electron chi connectivity index (χ4n) is 3.71. The van der Waals surface area contributed by atoms with Gasteiger partial charge < -0.3 is 19.9 Å². The number of aromatic nitrogens is 2. The summed E-state index contributed by atoms with van der Waals surface area (Å²) in [6.07, 6.45) is 1.15. The highest BCUT2D eigenvalue weighted by molar-refractivity contribution is 6.04. The van der Waals surface area contributed by atoms with E-state index in [1.165, 1.54) is 12.1 Å². The number of aryl methyl sites for hydroxylation is 1. The summed E-state index contributed by atoms with van der Waals surface area (Å²) >= 11 is 0. The van der Waals surface area contributed by atoms with Crippen LogP contribution in [0.2, 0.25) is 0 Å². The van der Waals surface area contributed by atoms with Crippen molar-refractivity contribution in [2.45, 2.75) is 44.9 Å². The van der Waals surface area contributed by atoms with E-state index in [0.29, 0.717) is 36.0 Å². The van der Waals surface area contributed by atoms with Gasteiger partial charge >= 0.3 is 0 Å². The Morgan fingerprint density at radius 1 is 1.21 bits per heavy atom. The molecule has 2 aromatic rings. The molecule has 1 aliphatic heterocycles. The summed E-state index contributed by atoms with van der Waals surface area (Å²) in [5, 5.41) is 3.28. The maximum Gasteiger partial charge on any atom is 0.249 e. The van der Waals surface area contributed by atoms with Crippen molar-refractivity contribution in [2.75, 3.05) is 29.2 Å². The van der Waals surface area contributed by atoms with Gasteiger partial charge in [-0.1, -0.05) is 0 Å². The standard InChI is InChI=1S/C20H23F2N5O2/c1-10-17-18(26(3)11(2)19(28)27(17)4)25-20(23-10)24-13-8-14(9-13)29-16-6-5-12(21)7-15(16)22/h5-7,11,13-14H,8-9H2,1-4H3,(H,23,24,25)/t11-,13-,14-/m0/s1. The number of carbonyl (C=O) groups is 1. The number of anilines is 3. The van der Waals surface area contributed by atoms with Gasteiger partial charge in [0.05, 0.1) is 5.69 Å². The van der Waals surface area contributed by atoms with Gasteiger partial charge in [0.15, 0.2) is 17.4 Å². The van der Waals surface area contributed by atoms with Crippen LogP contribution >= 0.6 is 0 Å². The minimum atomic E-state index is -0.703. The van der Waals surface area contributed by atoms with Gasteiger partial charge in [-0.05, 0) is 26.0 Å². The van der Waals surface area contributed by atoms with E-state index in [4.69, 9.17) is 4.74 Å². The highest BCUT2D eigenvalue weighted by Gasteiger charge is 2.36. The number of ether oxygens (including phenoxy) is 1. The molecule has 1 fully saturated rings. The molecule has 0 saturated heterocycles. The third kappa shape index (κ3) is 3.45. The Morgan fingerprint density at radius 2 is 1.93 bits per heavy atom. The number of fused-ring (bicyclic) bond motifs is 1. The van der Waals surface area contributed by atoms with Gasteiger partial charge in [0.25, 0.3) is 0 Å². The molecule has 1 saturated carbocycles. The van der Waals surface area contributed by atoms with E-state index in [2.05, 4.69) is 15.3 Å². The summed E-state index contributed by atoms with van der Waals surface area (Å²) in [5.74, 6) is -0.0894. The topological polar surface area (TPSA) is 70.6 Å². The third-order valence-corrected chi connectivity index (χ3v) is 5.59. The second-order valence-electron chi connectivity index (χ2n) is 7.62. The van der Waals surface area contributed by atoms with Crippen LogP contribution in [0.5, 0.6) is 5.75 Å². The molecule has 2 heterocycles. The molecule has 154 valence electrons. The summed E-state index contributed by atoms with van der Waals surface area (Å²) in [5.41, 5.74) is 1.43. The van der Waals surface area contributed by atoms with Crippen LogP contribution in [-0.2, 0) is 4.79 Å². The average Bonchev–Trinajstić information content (AvgIpc) is 2.64. The number of nitrogens with one attached hydrogen (secondary N) is 1. The molecule has 2 aliphatic rings. The van der Waals surface area contributed by atoms with Crippen molar-refractivity contribution >= 4 is 23.4 Å². The minimum Gasteiger partial charge on any atom is -0.487 e. The molecular weight excluding hydrogens is 380 g/mol. The number of nitrogens with zero attached hydrogens (tertiary/aromatic N) is 4. The van der Waals surface area contributed by atoms with Crippen LogP contribution in [-0.4, -0.2) is 48.2 Å². The molecule has 1 aromatic carbocycles. The second kappa shape index (κ2) is 7.13. The van der Waals surface area contributed by atoms with Gasteiger partial charge in [-0.2, -0.15) is 4.98 Å². The first-order chi connectivity index (χ1) is 13.7. The van der Waals surface area contributed by atoms with Crippen molar-refractivity contribution in [3.63, 3.8) is 0 Å². The molecule has 1 amide bonds. The number of halogens is 2. The highest BCUT2D eigenvalue weighted by Crippen LogP contribution is 2.36. The Morgan fingerprint density at radius 3 is 2.62 bits per heavy atom. The zero-order valence-corrected chi connectivity index (χ0v) is 16.7. The van der Waals surface area contributed by atoms with Gasteiger partial charge in [-0.3, -0.25) is 4.79 Å². The lowest BCUT2D eigenvalue weighted by molar-refractivity contribution is -0.119. The van der Waals surface area contributed by atoms with Gasteiger partial charge in [-0.15, -0.1) is 0 Å². The van der Waals surface area contributed by atoms with Crippen molar-refractivity contribution in [3.8, 4) is 5.75 Å². The Balaban J connectivity index is 1.43. The molecule has 0 unspecified atom stereocenters. The molecule has 7 nitrogen and oxygen atoms in total. The smallest absolute Gasteiger partial charge is 0.249 e. The van der Waals surface area contributed by atoms with Crippen molar-refractivity contribution < 1.29 is 18.3 Å². The van der Waals surface area contributed by atoms with Crippen LogP contribution in [0.3, 0.4) is 0 Å². The van der Waals surface area contributed by atoms with E-state index in [-0.39, 0.29) is 29.8 Å². The zero-order valence-electron chi connectivity index (χ0n) is 16.7. The lowest BCUT2D eigenvalue weighted by atomic mass is 9.89. The summed E-state index contributed by atoms with van der Waals surface area (Å²) < 4.78 is 32.3. The molecule has 9 heteroatoms. The van der Waals surface area contributed by atoms with Crippen LogP contribution in [0, 0.1) is 18.6 Å². The summed E-state index contributed by atoms with van der Waals surface area (Å²) in [7, 11) is 3.58. The van der Waals surface area contributed by atoms with Crippen molar-refractivity contribution in [1.29, 1.82) is 0 Å². The molecule has 1 atom stereocenters. The van der Waals surface area contributed by atoms with Gasteiger partial charge in [0.1, 0.15) is 23.7 Å². The largest absolute Gasteiger partial charge is 0.487 e. The lowest BCUT2D eigenvalue weighted by Gasteiger charge is -2.38. The number of hydrogen-bond donors (Lipinski definition) is 1. The molecule has 0 spiro atoms. The molecule has 1 aromatic heterocycles. The molecule has 0 bridgehead atoms.